The zero-order valence-corrected chi connectivity index (χ0v) is 29.5. The number of nitrogens with zero attached hydrogens (tertiary/aromatic N) is 1. The van der Waals surface area contributed by atoms with Crippen LogP contribution in [0.2, 0.25) is 0 Å². The molecular formula is C46H36N2O2S. The highest BCUT2D eigenvalue weighted by Gasteiger charge is 2.52. The van der Waals surface area contributed by atoms with Crippen LogP contribution in [0.25, 0.3) is 27.6 Å². The molecule has 248 valence electrons. The summed E-state index contributed by atoms with van der Waals surface area (Å²) in [7, 11) is 0. The van der Waals surface area contributed by atoms with Crippen LogP contribution in [0.1, 0.15) is 56.9 Å². The summed E-state index contributed by atoms with van der Waals surface area (Å²) in [4.78, 5) is 30.3. The number of nitrogens with two attached hydrogens (primary N) is 1. The van der Waals surface area contributed by atoms with Gasteiger partial charge in [0.05, 0.1) is 11.0 Å². The second kappa shape index (κ2) is 12.7. The molecule has 4 nitrogen and oxygen atoms in total. The number of fused-ring (bicyclic) bond motifs is 10. The number of aldehydes is 1. The van der Waals surface area contributed by atoms with Crippen LogP contribution in [0.3, 0.4) is 0 Å². The maximum atomic E-state index is 13.6. The summed E-state index contributed by atoms with van der Waals surface area (Å²) in [6.45, 7) is 5.89. The number of ketones is 1. The Labute approximate surface area is 302 Å². The molecule has 0 radical (unpaired) electrons. The number of aryl methyl sites for hydroxylation is 1. The van der Waals surface area contributed by atoms with Crippen LogP contribution < -0.4 is 10.6 Å². The summed E-state index contributed by atoms with van der Waals surface area (Å²) in [6.07, 6.45) is 6.44. The predicted octanol–water partition coefficient (Wildman–Crippen LogP) is 10.8. The van der Waals surface area contributed by atoms with Crippen LogP contribution in [0.15, 0.2) is 157 Å². The maximum absolute atomic E-state index is 13.6. The number of carbonyl (C=O) groups is 2. The minimum Gasteiger partial charge on any atom is -0.402 e. The lowest BCUT2D eigenvalue weighted by Gasteiger charge is -2.32. The molecule has 2 aliphatic rings. The highest BCUT2D eigenvalue weighted by molar-refractivity contribution is 7.16. The third-order valence-electron chi connectivity index (χ3n) is 10.0. The number of para-hydroxylation sites is 1. The third kappa shape index (κ3) is 5.12. The number of anilines is 2. The van der Waals surface area contributed by atoms with Gasteiger partial charge in [0.2, 0.25) is 0 Å². The van der Waals surface area contributed by atoms with E-state index in [2.05, 4.69) is 115 Å². The third-order valence-corrected chi connectivity index (χ3v) is 11.2. The van der Waals surface area contributed by atoms with Gasteiger partial charge in [-0.3, -0.25) is 9.59 Å². The van der Waals surface area contributed by atoms with E-state index in [1.54, 1.807) is 23.5 Å². The van der Waals surface area contributed by atoms with Crippen molar-refractivity contribution < 1.29 is 9.59 Å². The van der Waals surface area contributed by atoms with Crippen molar-refractivity contribution >= 4 is 40.9 Å². The largest absolute Gasteiger partial charge is 0.402 e. The second-order valence-corrected chi connectivity index (χ2v) is 14.3. The van der Waals surface area contributed by atoms with Crippen molar-refractivity contribution in [2.24, 2.45) is 5.73 Å². The van der Waals surface area contributed by atoms with Crippen LogP contribution in [-0.2, 0) is 10.2 Å². The van der Waals surface area contributed by atoms with E-state index in [4.69, 9.17) is 5.73 Å². The number of benzene rings is 5. The summed E-state index contributed by atoms with van der Waals surface area (Å²) in [6, 6.07) is 44.1. The van der Waals surface area contributed by atoms with Crippen LogP contribution in [0, 0.1) is 6.92 Å². The topological polar surface area (TPSA) is 63.4 Å². The van der Waals surface area contributed by atoms with E-state index in [1.165, 1.54) is 27.8 Å². The first-order valence-corrected chi connectivity index (χ1v) is 17.9. The zero-order chi connectivity index (χ0) is 35.3. The molecule has 0 fully saturated rings. The molecule has 0 bridgehead atoms. The number of thiophene rings is 1. The molecular weight excluding hydrogens is 645 g/mol. The number of carbonyl (C=O) groups excluding carboxylic acids is 2. The Kier molecular flexibility index (Phi) is 8.01. The van der Waals surface area contributed by atoms with Gasteiger partial charge in [-0.25, -0.2) is 0 Å². The molecule has 0 unspecified atom stereocenters. The van der Waals surface area contributed by atoms with Crippen LogP contribution in [0.4, 0.5) is 11.4 Å². The van der Waals surface area contributed by atoms with Crippen molar-refractivity contribution in [3.8, 4) is 21.6 Å². The molecule has 6 aromatic rings. The normalized spacial score (nSPS) is 14.1. The summed E-state index contributed by atoms with van der Waals surface area (Å²) in [5.41, 5.74) is 19.3. The SMILES string of the molecule is C/C(N)=C/C=C(\C)N(c1ccccc1)c1ccc2c(c1)C1(c3ccccc3-c3ccccc31)c1cc(/C=C(/C=O)C(=O)c3ccccc3C)sc1-2. The average molecular weight is 681 g/mol. The molecule has 0 aliphatic heterocycles. The Morgan fingerprint density at radius 1 is 0.686 bits per heavy atom. The smallest absolute Gasteiger partial charge is 0.196 e. The Morgan fingerprint density at radius 3 is 2.00 bits per heavy atom. The van der Waals surface area contributed by atoms with Gasteiger partial charge in [-0.15, -0.1) is 11.3 Å². The average Bonchev–Trinajstić information content (AvgIpc) is 3.78. The van der Waals surface area contributed by atoms with Crippen LogP contribution >= 0.6 is 11.3 Å². The molecule has 0 atom stereocenters. The first kappa shape index (κ1) is 32.2. The fourth-order valence-electron chi connectivity index (χ4n) is 7.85. The number of rotatable bonds is 8. The molecule has 5 heteroatoms. The summed E-state index contributed by atoms with van der Waals surface area (Å²) in [5.74, 6) is -0.267. The second-order valence-electron chi connectivity index (χ2n) is 13.2. The Hall–Kier alpha value is -6.04. The fourth-order valence-corrected chi connectivity index (χ4v) is 9.06. The first-order chi connectivity index (χ1) is 24.8. The molecule has 2 N–H and O–H groups in total. The Bertz CT molecular complexity index is 2420. The van der Waals surface area contributed by atoms with E-state index in [-0.39, 0.29) is 11.4 Å². The summed E-state index contributed by atoms with van der Waals surface area (Å²) in [5, 5.41) is 0. The van der Waals surface area contributed by atoms with E-state index in [0.717, 1.165) is 49.2 Å². The monoisotopic (exact) mass is 680 g/mol. The van der Waals surface area contributed by atoms with Crippen molar-refractivity contribution in [2.45, 2.75) is 26.2 Å². The first-order valence-electron chi connectivity index (χ1n) is 17.0. The number of hydrogen-bond donors (Lipinski definition) is 1. The van der Waals surface area contributed by atoms with Crippen molar-refractivity contribution in [1.82, 2.24) is 0 Å². The van der Waals surface area contributed by atoms with Gasteiger partial charge in [-0.2, -0.15) is 0 Å². The molecule has 5 aromatic carbocycles. The quantitative estimate of drug-likeness (QED) is 0.0433. The molecule has 0 saturated heterocycles. The van der Waals surface area contributed by atoms with Crippen molar-refractivity contribution in [1.29, 1.82) is 0 Å². The van der Waals surface area contributed by atoms with Crippen LogP contribution in [-0.4, -0.2) is 12.1 Å². The molecule has 51 heavy (non-hydrogen) atoms. The lowest BCUT2D eigenvalue weighted by molar-refractivity contribution is -0.104. The number of hydrogen-bond acceptors (Lipinski definition) is 5. The van der Waals surface area contributed by atoms with Gasteiger partial charge in [-0.1, -0.05) is 97.1 Å². The summed E-state index contributed by atoms with van der Waals surface area (Å²) >= 11 is 1.63. The van der Waals surface area contributed by atoms with E-state index in [0.29, 0.717) is 11.8 Å². The Morgan fingerprint density at radius 2 is 1.33 bits per heavy atom. The van der Waals surface area contributed by atoms with Crippen molar-refractivity contribution in [3.05, 3.63) is 195 Å². The van der Waals surface area contributed by atoms with E-state index >= 15 is 0 Å². The molecule has 0 saturated carbocycles. The molecule has 0 amide bonds. The number of Topliss-reactive ketones (excluding diaryl/α,β-unsaturated/α-hetero) is 1. The molecule has 1 aromatic heterocycles. The Balaban J connectivity index is 1.37. The molecule has 8 rings (SSSR count). The zero-order valence-electron chi connectivity index (χ0n) is 28.7. The minimum absolute atomic E-state index is 0.142. The van der Waals surface area contributed by atoms with Gasteiger partial charge in [-0.05, 0) is 114 Å². The van der Waals surface area contributed by atoms with Gasteiger partial charge in [0.1, 0.15) is 0 Å². The molecule has 1 heterocycles. The number of allylic oxidation sites excluding steroid dienone is 5. The predicted molar refractivity (Wildman–Crippen MR) is 210 cm³/mol. The van der Waals surface area contributed by atoms with Gasteiger partial charge in [0.25, 0.3) is 0 Å². The van der Waals surface area contributed by atoms with Gasteiger partial charge < -0.3 is 10.6 Å². The van der Waals surface area contributed by atoms with Gasteiger partial charge in [0, 0.05) is 38.1 Å². The lowest BCUT2D eigenvalue weighted by Crippen LogP contribution is -2.26. The fraction of sp³-hybridized carbons (Fsp3) is 0.0870. The molecule has 2 aliphatic carbocycles. The highest BCUT2D eigenvalue weighted by Crippen LogP contribution is 2.65. The van der Waals surface area contributed by atoms with E-state index in [1.807, 2.05) is 44.2 Å². The van der Waals surface area contributed by atoms with Crippen molar-refractivity contribution in [2.75, 3.05) is 4.90 Å². The highest BCUT2D eigenvalue weighted by atomic mass is 32.1. The standard InChI is InChI=1S/C46H36N2O2S/c1-29-13-7-8-16-36(29)44(50)32(28-49)25-35-27-43-45(51-35)39-24-23-34(48(31(3)22-21-30(2)47)33-14-5-4-6-15-33)26-42(39)46(43)40-19-11-9-17-37(40)38-18-10-12-20-41(38)46/h4-28H,47H2,1-3H3/b30-21-,31-22+,32-25-. The minimum atomic E-state index is -0.592. The van der Waals surface area contributed by atoms with Gasteiger partial charge >= 0.3 is 0 Å². The van der Waals surface area contributed by atoms with Crippen LogP contribution in [0.5, 0.6) is 0 Å². The van der Waals surface area contributed by atoms with Gasteiger partial charge in [0.15, 0.2) is 12.1 Å². The lowest BCUT2D eigenvalue weighted by atomic mass is 9.71. The van der Waals surface area contributed by atoms with E-state index in [9.17, 15) is 9.59 Å². The molecule has 1 spiro atoms. The van der Waals surface area contributed by atoms with E-state index < -0.39 is 5.41 Å². The van der Waals surface area contributed by atoms with Crippen molar-refractivity contribution in [3.63, 3.8) is 0 Å². The maximum Gasteiger partial charge on any atom is 0.196 e. The summed E-state index contributed by atoms with van der Waals surface area (Å²) < 4.78 is 0.